The van der Waals surface area contributed by atoms with Crippen LogP contribution in [0.3, 0.4) is 0 Å². The molecule has 0 saturated carbocycles. The van der Waals surface area contributed by atoms with Crippen molar-refractivity contribution < 1.29 is 23.9 Å². The van der Waals surface area contributed by atoms with E-state index in [2.05, 4.69) is 0 Å². The molecule has 0 unspecified atom stereocenters. The van der Waals surface area contributed by atoms with Gasteiger partial charge < -0.3 is 9.47 Å². The lowest BCUT2D eigenvalue weighted by Crippen LogP contribution is -2.33. The predicted molar refractivity (Wildman–Crippen MR) is 127 cm³/mol. The average molecular weight is 460 g/mol. The Bertz CT molecular complexity index is 1210. The molecule has 1 saturated heterocycles. The highest BCUT2D eigenvalue weighted by atomic mass is 32.2. The minimum Gasteiger partial charge on any atom is -0.493 e. The fourth-order valence-corrected chi connectivity index (χ4v) is 4.11. The number of ketones is 1. The van der Waals surface area contributed by atoms with Gasteiger partial charge in [0, 0.05) is 5.56 Å². The van der Waals surface area contributed by atoms with E-state index in [0.29, 0.717) is 29.2 Å². The van der Waals surface area contributed by atoms with Gasteiger partial charge in [-0.15, -0.1) is 0 Å². The zero-order valence-electron chi connectivity index (χ0n) is 17.9. The molecule has 7 heteroatoms. The van der Waals surface area contributed by atoms with E-state index in [9.17, 15) is 14.4 Å². The van der Waals surface area contributed by atoms with Crippen LogP contribution in [-0.2, 0) is 11.4 Å². The minimum atomic E-state index is -0.488. The molecule has 1 aliphatic heterocycles. The van der Waals surface area contributed by atoms with Crippen molar-refractivity contribution in [3.05, 3.63) is 100 Å². The Morgan fingerprint density at radius 1 is 0.939 bits per heavy atom. The highest BCUT2D eigenvalue weighted by Crippen LogP contribution is 2.35. The number of benzene rings is 3. The molecule has 0 aliphatic carbocycles. The fraction of sp³-hybridized carbons (Fsp3) is 0.115. The summed E-state index contributed by atoms with van der Waals surface area (Å²) in [5.74, 6) is 0.302. The van der Waals surface area contributed by atoms with Gasteiger partial charge in [-0.05, 0) is 41.1 Å². The number of hydrogen-bond donors (Lipinski definition) is 0. The van der Waals surface area contributed by atoms with E-state index >= 15 is 0 Å². The SMILES string of the molecule is COc1cc(/C=C2/SC(=O)N(CC(=O)c3ccccc3)C2=O)ccc1OCc1ccccc1. The van der Waals surface area contributed by atoms with Crippen LogP contribution >= 0.6 is 11.8 Å². The van der Waals surface area contributed by atoms with E-state index in [4.69, 9.17) is 9.47 Å². The lowest BCUT2D eigenvalue weighted by Gasteiger charge is -2.12. The number of hydrogen-bond acceptors (Lipinski definition) is 6. The Balaban J connectivity index is 1.47. The second-order valence-corrected chi connectivity index (χ2v) is 8.23. The van der Waals surface area contributed by atoms with Crippen molar-refractivity contribution in [2.24, 2.45) is 0 Å². The normalized spacial score (nSPS) is 14.6. The van der Waals surface area contributed by atoms with Crippen LogP contribution in [0.1, 0.15) is 21.5 Å². The average Bonchev–Trinajstić information content (AvgIpc) is 3.11. The monoisotopic (exact) mass is 459 g/mol. The van der Waals surface area contributed by atoms with Gasteiger partial charge in [0.15, 0.2) is 17.3 Å². The topological polar surface area (TPSA) is 72.9 Å². The fourth-order valence-electron chi connectivity index (χ4n) is 3.28. The molecule has 0 atom stereocenters. The maximum absolute atomic E-state index is 12.8. The first-order chi connectivity index (χ1) is 16.0. The summed E-state index contributed by atoms with van der Waals surface area (Å²) >= 11 is 0.813. The van der Waals surface area contributed by atoms with E-state index < -0.39 is 11.1 Å². The summed E-state index contributed by atoms with van der Waals surface area (Å²) in [5.41, 5.74) is 2.16. The van der Waals surface area contributed by atoms with Crippen LogP contribution in [0.25, 0.3) is 6.08 Å². The first kappa shape index (κ1) is 22.4. The Labute approximate surface area is 195 Å². The summed E-state index contributed by atoms with van der Waals surface area (Å²) in [5, 5.41) is -0.467. The quantitative estimate of drug-likeness (QED) is 0.341. The van der Waals surface area contributed by atoms with Crippen molar-refractivity contribution in [1.29, 1.82) is 0 Å². The van der Waals surface area contributed by atoms with Gasteiger partial charge >= 0.3 is 0 Å². The predicted octanol–water partition coefficient (Wildman–Crippen LogP) is 5.19. The molecule has 33 heavy (non-hydrogen) atoms. The summed E-state index contributed by atoms with van der Waals surface area (Å²) in [4.78, 5) is 38.8. The molecule has 0 bridgehead atoms. The van der Waals surface area contributed by atoms with Crippen LogP contribution in [0.4, 0.5) is 4.79 Å². The minimum absolute atomic E-state index is 0.251. The van der Waals surface area contributed by atoms with Gasteiger partial charge in [0.25, 0.3) is 11.1 Å². The molecular weight excluding hydrogens is 438 g/mol. The summed E-state index contributed by atoms with van der Waals surface area (Å²) in [6.07, 6.45) is 1.61. The molecule has 3 aromatic carbocycles. The van der Waals surface area contributed by atoms with Crippen molar-refractivity contribution in [3.8, 4) is 11.5 Å². The molecular formula is C26H21NO5S. The number of Topliss-reactive ketones (excluding diaryl/α,β-unsaturated/α-hetero) is 1. The number of carbonyl (C=O) groups excluding carboxylic acids is 3. The zero-order chi connectivity index (χ0) is 23.2. The maximum atomic E-state index is 12.8. The van der Waals surface area contributed by atoms with Crippen molar-refractivity contribution in [2.75, 3.05) is 13.7 Å². The van der Waals surface area contributed by atoms with E-state index in [1.165, 1.54) is 7.11 Å². The van der Waals surface area contributed by atoms with Crippen molar-refractivity contribution >= 4 is 34.8 Å². The molecule has 0 N–H and O–H groups in total. The lowest BCUT2D eigenvalue weighted by atomic mass is 10.1. The first-order valence-corrected chi connectivity index (χ1v) is 11.0. The number of rotatable bonds is 8. The van der Waals surface area contributed by atoms with Crippen LogP contribution in [0.15, 0.2) is 83.8 Å². The van der Waals surface area contributed by atoms with Gasteiger partial charge in [-0.1, -0.05) is 66.7 Å². The van der Waals surface area contributed by atoms with Crippen molar-refractivity contribution in [3.63, 3.8) is 0 Å². The summed E-state index contributed by atoms with van der Waals surface area (Å²) in [6, 6.07) is 23.6. The molecule has 0 spiro atoms. The van der Waals surface area contributed by atoms with Crippen LogP contribution in [0.5, 0.6) is 11.5 Å². The van der Waals surface area contributed by atoms with Crippen LogP contribution in [0, 0.1) is 0 Å². The van der Waals surface area contributed by atoms with E-state index in [-0.39, 0.29) is 17.2 Å². The third-order valence-electron chi connectivity index (χ3n) is 4.99. The number of amides is 2. The largest absolute Gasteiger partial charge is 0.493 e. The molecule has 2 amide bonds. The molecule has 0 aromatic heterocycles. The number of thioether (sulfide) groups is 1. The maximum Gasteiger partial charge on any atom is 0.293 e. The van der Waals surface area contributed by atoms with Gasteiger partial charge in [0.1, 0.15) is 6.61 Å². The molecule has 3 aromatic rings. The summed E-state index contributed by atoms with van der Waals surface area (Å²) in [7, 11) is 1.54. The first-order valence-electron chi connectivity index (χ1n) is 10.2. The van der Waals surface area contributed by atoms with E-state index in [1.807, 2.05) is 30.3 Å². The van der Waals surface area contributed by atoms with Crippen LogP contribution in [-0.4, -0.2) is 35.5 Å². The molecule has 6 nitrogen and oxygen atoms in total. The van der Waals surface area contributed by atoms with E-state index in [0.717, 1.165) is 22.2 Å². The molecule has 4 rings (SSSR count). The van der Waals surface area contributed by atoms with Gasteiger partial charge in [-0.25, -0.2) is 0 Å². The Hall–Kier alpha value is -3.84. The highest BCUT2D eigenvalue weighted by Gasteiger charge is 2.36. The van der Waals surface area contributed by atoms with E-state index in [1.54, 1.807) is 54.6 Å². The number of carbonyl (C=O) groups is 3. The molecule has 1 fully saturated rings. The second-order valence-electron chi connectivity index (χ2n) is 7.24. The summed E-state index contributed by atoms with van der Waals surface area (Å²) < 4.78 is 11.3. The second kappa shape index (κ2) is 10.2. The Kier molecular flexibility index (Phi) is 6.90. The Morgan fingerprint density at radius 2 is 1.64 bits per heavy atom. The van der Waals surface area contributed by atoms with Crippen LogP contribution in [0.2, 0.25) is 0 Å². The summed E-state index contributed by atoms with van der Waals surface area (Å²) in [6.45, 7) is 0.104. The smallest absolute Gasteiger partial charge is 0.293 e. The molecule has 1 aliphatic rings. The van der Waals surface area contributed by atoms with Gasteiger partial charge in [-0.3, -0.25) is 19.3 Å². The number of imide groups is 1. The third-order valence-corrected chi connectivity index (χ3v) is 5.90. The zero-order valence-corrected chi connectivity index (χ0v) is 18.7. The molecule has 1 heterocycles. The van der Waals surface area contributed by atoms with Gasteiger partial charge in [0.05, 0.1) is 18.6 Å². The number of methoxy groups -OCH3 is 1. The van der Waals surface area contributed by atoms with Crippen LogP contribution < -0.4 is 9.47 Å². The Morgan fingerprint density at radius 3 is 2.33 bits per heavy atom. The van der Waals surface area contributed by atoms with Crippen molar-refractivity contribution in [1.82, 2.24) is 4.90 Å². The molecule has 166 valence electrons. The van der Waals surface area contributed by atoms with Crippen molar-refractivity contribution in [2.45, 2.75) is 6.61 Å². The number of ether oxygens (including phenoxy) is 2. The van der Waals surface area contributed by atoms with Gasteiger partial charge in [-0.2, -0.15) is 0 Å². The number of nitrogens with zero attached hydrogens (tertiary/aromatic N) is 1. The molecule has 0 radical (unpaired) electrons. The lowest BCUT2D eigenvalue weighted by molar-refractivity contribution is -0.122. The third kappa shape index (κ3) is 5.32. The highest BCUT2D eigenvalue weighted by molar-refractivity contribution is 8.18. The standard InChI is InChI=1S/C26H21NO5S/c1-31-23-14-19(12-13-22(23)32-17-18-8-4-2-5-9-18)15-24-25(29)27(26(30)33-24)16-21(28)20-10-6-3-7-11-20/h2-15H,16-17H2,1H3/b24-15+. The van der Waals surface area contributed by atoms with Gasteiger partial charge in [0.2, 0.25) is 0 Å².